The van der Waals surface area contributed by atoms with E-state index in [1.165, 1.54) is 44.9 Å². The second kappa shape index (κ2) is 6.02. The molecule has 1 saturated carbocycles. The van der Waals surface area contributed by atoms with E-state index in [0.717, 1.165) is 19.6 Å². The van der Waals surface area contributed by atoms with Crippen molar-refractivity contribution >= 4 is 5.97 Å². The van der Waals surface area contributed by atoms with Crippen LogP contribution in [-0.4, -0.2) is 41.7 Å². The Labute approximate surface area is 110 Å². The topological polar surface area (TPSA) is 66.6 Å². The van der Waals surface area contributed by atoms with Gasteiger partial charge in [0.2, 0.25) is 0 Å². The van der Waals surface area contributed by atoms with Crippen molar-refractivity contribution in [2.45, 2.75) is 57.4 Å². The van der Waals surface area contributed by atoms with Crippen LogP contribution in [-0.2, 0) is 4.79 Å². The Bertz CT molecular complexity index is 278. The van der Waals surface area contributed by atoms with Crippen molar-refractivity contribution in [3.8, 4) is 0 Å². The van der Waals surface area contributed by atoms with E-state index in [-0.39, 0.29) is 0 Å². The fraction of sp³-hybridized carbons (Fsp3) is 0.929. The van der Waals surface area contributed by atoms with Gasteiger partial charge in [-0.2, -0.15) is 0 Å². The third-order valence-electron chi connectivity index (χ3n) is 4.90. The number of hydrogen-bond acceptors (Lipinski definition) is 3. The molecule has 0 radical (unpaired) electrons. The van der Waals surface area contributed by atoms with Crippen LogP contribution in [0.2, 0.25) is 0 Å². The van der Waals surface area contributed by atoms with Gasteiger partial charge in [-0.3, -0.25) is 4.79 Å². The molecule has 2 rings (SSSR count). The van der Waals surface area contributed by atoms with Gasteiger partial charge in [0.15, 0.2) is 0 Å². The summed E-state index contributed by atoms with van der Waals surface area (Å²) in [6.45, 7) is 3.10. The van der Waals surface area contributed by atoms with E-state index in [9.17, 15) is 4.79 Å². The molecular weight excluding hydrogens is 228 g/mol. The van der Waals surface area contributed by atoms with Crippen molar-refractivity contribution in [3.63, 3.8) is 0 Å². The molecule has 2 fully saturated rings. The van der Waals surface area contributed by atoms with Crippen molar-refractivity contribution in [1.29, 1.82) is 0 Å². The maximum Gasteiger partial charge on any atom is 0.320 e. The quantitative estimate of drug-likeness (QED) is 0.803. The Kier molecular flexibility index (Phi) is 4.62. The first-order chi connectivity index (χ1) is 8.61. The summed E-state index contributed by atoms with van der Waals surface area (Å²) in [7, 11) is 0. The summed E-state index contributed by atoms with van der Waals surface area (Å²) in [6.07, 6.45) is 10.2. The van der Waals surface area contributed by atoms with E-state index >= 15 is 0 Å². The van der Waals surface area contributed by atoms with Gasteiger partial charge >= 0.3 is 5.97 Å². The molecule has 1 aliphatic carbocycles. The van der Waals surface area contributed by atoms with E-state index in [0.29, 0.717) is 11.8 Å². The summed E-state index contributed by atoms with van der Waals surface area (Å²) in [5, 5.41) is 8.77. The van der Waals surface area contributed by atoms with Crippen LogP contribution in [0.25, 0.3) is 0 Å². The molecule has 18 heavy (non-hydrogen) atoms. The van der Waals surface area contributed by atoms with Crippen molar-refractivity contribution in [2.24, 2.45) is 11.1 Å². The van der Waals surface area contributed by atoms with E-state index in [1.807, 2.05) is 0 Å². The van der Waals surface area contributed by atoms with Crippen LogP contribution in [0.4, 0.5) is 0 Å². The summed E-state index contributed by atoms with van der Waals surface area (Å²) in [6, 6.07) is -0.699. The molecule has 1 atom stereocenters. The highest BCUT2D eigenvalue weighted by atomic mass is 16.4. The molecule has 0 aromatic rings. The number of hydrogen-bond donors (Lipinski definition) is 2. The normalized spacial score (nSPS) is 26.1. The first-order valence-electron chi connectivity index (χ1n) is 7.32. The molecule has 0 bridgehead atoms. The third kappa shape index (κ3) is 3.45. The summed E-state index contributed by atoms with van der Waals surface area (Å²) in [4.78, 5) is 13.1. The molecule has 0 aromatic heterocycles. The van der Waals surface area contributed by atoms with E-state index in [4.69, 9.17) is 10.8 Å². The van der Waals surface area contributed by atoms with Crippen molar-refractivity contribution in [2.75, 3.05) is 19.6 Å². The van der Waals surface area contributed by atoms with Crippen LogP contribution in [0.3, 0.4) is 0 Å². The van der Waals surface area contributed by atoms with E-state index in [1.54, 1.807) is 0 Å². The second-order valence-electron chi connectivity index (χ2n) is 6.14. The van der Waals surface area contributed by atoms with Crippen LogP contribution in [0.1, 0.15) is 51.4 Å². The average molecular weight is 254 g/mol. The standard InChI is InChI=1S/C14H26N2O2/c15-12(13(17)18)4-9-16-10-7-14(8-11-16)5-2-1-3-6-14/h12H,1-11,15H2,(H,17,18). The fourth-order valence-corrected chi connectivity index (χ4v) is 3.50. The molecule has 0 amide bonds. The van der Waals surface area contributed by atoms with Crippen LogP contribution in [0, 0.1) is 5.41 Å². The van der Waals surface area contributed by atoms with Gasteiger partial charge in [-0.05, 0) is 50.6 Å². The zero-order valence-electron chi connectivity index (χ0n) is 11.2. The van der Waals surface area contributed by atoms with Gasteiger partial charge in [0.1, 0.15) is 6.04 Å². The number of carboxylic acid groups (broad SMARTS) is 1. The van der Waals surface area contributed by atoms with Gasteiger partial charge < -0.3 is 15.7 Å². The minimum absolute atomic E-state index is 0.572. The van der Waals surface area contributed by atoms with Gasteiger partial charge in [0, 0.05) is 6.54 Å². The number of aliphatic carboxylic acids is 1. The second-order valence-corrected chi connectivity index (χ2v) is 6.14. The van der Waals surface area contributed by atoms with Gasteiger partial charge in [0.05, 0.1) is 0 Å². The zero-order chi connectivity index (χ0) is 13.0. The number of nitrogens with zero attached hydrogens (tertiary/aromatic N) is 1. The molecule has 1 saturated heterocycles. The lowest BCUT2D eigenvalue weighted by molar-refractivity contribution is -0.138. The van der Waals surface area contributed by atoms with Gasteiger partial charge in [-0.1, -0.05) is 19.3 Å². The maximum atomic E-state index is 10.7. The lowest BCUT2D eigenvalue weighted by Gasteiger charge is -2.44. The largest absolute Gasteiger partial charge is 0.480 e. The van der Waals surface area contributed by atoms with Gasteiger partial charge in [-0.25, -0.2) is 0 Å². The molecule has 4 heteroatoms. The number of rotatable bonds is 4. The van der Waals surface area contributed by atoms with Gasteiger partial charge in [-0.15, -0.1) is 0 Å². The minimum Gasteiger partial charge on any atom is -0.480 e. The fourth-order valence-electron chi connectivity index (χ4n) is 3.50. The highest BCUT2D eigenvalue weighted by Gasteiger charge is 2.35. The molecule has 3 N–H and O–H groups in total. The Morgan fingerprint density at radius 3 is 2.33 bits per heavy atom. The van der Waals surface area contributed by atoms with Crippen LogP contribution >= 0.6 is 0 Å². The van der Waals surface area contributed by atoms with E-state index in [2.05, 4.69) is 4.90 Å². The smallest absolute Gasteiger partial charge is 0.320 e. The first kappa shape index (κ1) is 13.8. The van der Waals surface area contributed by atoms with Crippen LogP contribution in [0.5, 0.6) is 0 Å². The first-order valence-corrected chi connectivity index (χ1v) is 7.32. The maximum absolute atomic E-state index is 10.7. The highest BCUT2D eigenvalue weighted by molar-refractivity contribution is 5.72. The van der Waals surface area contributed by atoms with Crippen LogP contribution in [0.15, 0.2) is 0 Å². The number of carbonyl (C=O) groups is 1. The molecule has 4 nitrogen and oxygen atoms in total. The molecule has 1 heterocycles. The lowest BCUT2D eigenvalue weighted by Crippen LogP contribution is -2.43. The van der Waals surface area contributed by atoms with E-state index < -0.39 is 12.0 Å². The lowest BCUT2D eigenvalue weighted by atomic mass is 9.68. The molecule has 1 unspecified atom stereocenters. The van der Waals surface area contributed by atoms with Gasteiger partial charge in [0.25, 0.3) is 0 Å². The SMILES string of the molecule is NC(CCN1CCC2(CCCCC2)CC1)C(=O)O. The van der Waals surface area contributed by atoms with Crippen LogP contribution < -0.4 is 5.73 Å². The predicted molar refractivity (Wildman–Crippen MR) is 71.4 cm³/mol. The Morgan fingerprint density at radius 1 is 1.17 bits per heavy atom. The Hall–Kier alpha value is -0.610. The van der Waals surface area contributed by atoms with Crippen molar-refractivity contribution < 1.29 is 9.90 Å². The molecule has 1 aliphatic heterocycles. The van der Waals surface area contributed by atoms with Crippen molar-refractivity contribution in [1.82, 2.24) is 4.90 Å². The summed E-state index contributed by atoms with van der Waals surface area (Å²) in [5.41, 5.74) is 6.17. The molecular formula is C14H26N2O2. The third-order valence-corrected chi connectivity index (χ3v) is 4.90. The number of likely N-dealkylation sites (tertiary alicyclic amines) is 1. The molecule has 104 valence electrons. The molecule has 2 aliphatic rings. The van der Waals surface area contributed by atoms with Crippen molar-refractivity contribution in [3.05, 3.63) is 0 Å². The summed E-state index contributed by atoms with van der Waals surface area (Å²) in [5.74, 6) is -0.879. The summed E-state index contributed by atoms with van der Waals surface area (Å²) >= 11 is 0. The Balaban J connectivity index is 1.71. The monoisotopic (exact) mass is 254 g/mol. The summed E-state index contributed by atoms with van der Waals surface area (Å²) < 4.78 is 0. The number of carboxylic acids is 1. The number of piperidine rings is 1. The molecule has 1 spiro atoms. The number of nitrogens with two attached hydrogens (primary N) is 1. The minimum atomic E-state index is -0.879. The highest BCUT2D eigenvalue weighted by Crippen LogP contribution is 2.44. The average Bonchev–Trinajstić information content (AvgIpc) is 2.39. The predicted octanol–water partition coefficient (Wildman–Crippen LogP) is 1.83. The zero-order valence-corrected chi connectivity index (χ0v) is 11.2. The molecule has 0 aromatic carbocycles. The Morgan fingerprint density at radius 2 is 1.78 bits per heavy atom.